The smallest absolute Gasteiger partial charge is 0.246 e. The van der Waals surface area contributed by atoms with Crippen LogP contribution in [-0.4, -0.2) is 32.3 Å². The van der Waals surface area contributed by atoms with E-state index in [9.17, 15) is 4.79 Å². The van der Waals surface area contributed by atoms with E-state index in [1.807, 2.05) is 42.5 Å². The summed E-state index contributed by atoms with van der Waals surface area (Å²) in [5.41, 5.74) is 1.76. The molecule has 0 bridgehead atoms. The lowest BCUT2D eigenvalue weighted by atomic mass is 10.3. The number of rotatable bonds is 7. The molecule has 0 fully saturated rings. The van der Waals surface area contributed by atoms with Crippen molar-refractivity contribution in [3.8, 4) is 5.75 Å². The van der Waals surface area contributed by atoms with E-state index >= 15 is 0 Å². The van der Waals surface area contributed by atoms with Crippen molar-refractivity contribution < 1.29 is 9.53 Å². The number of aromatic nitrogens is 4. The normalized spacial score (nSPS) is 10.9. The van der Waals surface area contributed by atoms with Gasteiger partial charge in [0, 0.05) is 6.42 Å². The Kier molecular flexibility index (Phi) is 5.50. The van der Waals surface area contributed by atoms with Gasteiger partial charge in [-0.05, 0) is 24.3 Å². The zero-order valence-electron chi connectivity index (χ0n) is 14.7. The van der Waals surface area contributed by atoms with E-state index in [4.69, 9.17) is 16.3 Å². The molecule has 7 nitrogen and oxygen atoms in total. The monoisotopic (exact) mass is 413 g/mol. The van der Waals surface area contributed by atoms with Gasteiger partial charge in [-0.1, -0.05) is 47.2 Å². The van der Waals surface area contributed by atoms with Gasteiger partial charge in [-0.15, -0.1) is 10.2 Å². The number of nitrogens with zero attached hydrogens (tertiary/aromatic N) is 4. The Morgan fingerprint density at radius 2 is 1.96 bits per heavy atom. The maximum Gasteiger partial charge on any atom is 0.246 e. The van der Waals surface area contributed by atoms with E-state index in [1.165, 1.54) is 11.3 Å². The Balaban J connectivity index is 1.30. The number of amides is 1. The van der Waals surface area contributed by atoms with Gasteiger partial charge in [0.25, 0.3) is 0 Å². The van der Waals surface area contributed by atoms with Crippen molar-refractivity contribution in [3.05, 3.63) is 64.9 Å². The molecule has 0 aliphatic heterocycles. The van der Waals surface area contributed by atoms with Gasteiger partial charge >= 0.3 is 0 Å². The number of imidazole rings is 1. The van der Waals surface area contributed by atoms with Gasteiger partial charge in [0.15, 0.2) is 0 Å². The van der Waals surface area contributed by atoms with Gasteiger partial charge < -0.3 is 9.30 Å². The molecule has 28 heavy (non-hydrogen) atoms. The van der Waals surface area contributed by atoms with E-state index in [0.717, 1.165) is 16.0 Å². The van der Waals surface area contributed by atoms with Crippen LogP contribution in [0.5, 0.6) is 5.75 Å². The number of nitrogens with one attached hydrogen (secondary N) is 1. The van der Waals surface area contributed by atoms with E-state index in [1.54, 1.807) is 17.0 Å². The van der Waals surface area contributed by atoms with Crippen molar-refractivity contribution in [1.82, 2.24) is 19.7 Å². The average Bonchev–Trinajstić information content (AvgIpc) is 3.31. The fourth-order valence-electron chi connectivity index (χ4n) is 2.67. The Bertz CT molecular complexity index is 1110. The average molecular weight is 414 g/mol. The lowest BCUT2D eigenvalue weighted by molar-refractivity contribution is -0.116. The first-order valence-electron chi connectivity index (χ1n) is 8.58. The molecule has 1 N–H and O–H groups in total. The molecule has 4 rings (SSSR count). The molecule has 0 spiro atoms. The molecule has 2 aromatic carbocycles. The highest BCUT2D eigenvalue weighted by Crippen LogP contribution is 2.23. The zero-order chi connectivity index (χ0) is 19.3. The van der Waals surface area contributed by atoms with E-state index < -0.39 is 0 Å². The number of hydrogen-bond donors (Lipinski definition) is 1. The minimum absolute atomic E-state index is 0.158. The van der Waals surface area contributed by atoms with Crippen molar-refractivity contribution in [2.45, 2.75) is 13.0 Å². The van der Waals surface area contributed by atoms with Crippen LogP contribution >= 0.6 is 22.9 Å². The van der Waals surface area contributed by atoms with Crippen molar-refractivity contribution in [2.75, 3.05) is 11.9 Å². The topological polar surface area (TPSA) is 81.9 Å². The summed E-state index contributed by atoms with van der Waals surface area (Å²) in [5, 5.41) is 12.7. The van der Waals surface area contributed by atoms with Crippen LogP contribution in [0.25, 0.3) is 11.0 Å². The second-order valence-corrected chi connectivity index (χ2v) is 7.41. The van der Waals surface area contributed by atoms with Gasteiger partial charge in [0.2, 0.25) is 11.0 Å². The predicted molar refractivity (Wildman–Crippen MR) is 109 cm³/mol. The molecular formula is C19H16ClN5O2S. The summed E-state index contributed by atoms with van der Waals surface area (Å²) < 4.78 is 7.45. The lowest BCUT2D eigenvalue weighted by Crippen LogP contribution is -2.18. The second kappa shape index (κ2) is 8.37. The van der Waals surface area contributed by atoms with Crippen molar-refractivity contribution >= 4 is 45.0 Å². The molecule has 0 saturated heterocycles. The third-order valence-corrected chi connectivity index (χ3v) is 5.18. The first-order chi connectivity index (χ1) is 13.7. The summed E-state index contributed by atoms with van der Waals surface area (Å²) in [7, 11) is 0. The summed E-state index contributed by atoms with van der Waals surface area (Å²) >= 11 is 7.38. The minimum Gasteiger partial charge on any atom is -0.492 e. The molecule has 0 unspecified atom stereocenters. The van der Waals surface area contributed by atoms with Crippen LogP contribution in [0.1, 0.15) is 5.01 Å². The first kappa shape index (κ1) is 18.4. The van der Waals surface area contributed by atoms with Gasteiger partial charge in [-0.25, -0.2) is 4.98 Å². The van der Waals surface area contributed by atoms with Gasteiger partial charge in [0.05, 0.1) is 29.0 Å². The van der Waals surface area contributed by atoms with Crippen molar-refractivity contribution in [3.63, 3.8) is 0 Å². The highest BCUT2D eigenvalue weighted by molar-refractivity contribution is 7.15. The Labute approximate surface area is 170 Å². The predicted octanol–water partition coefficient (Wildman–Crippen LogP) is 3.80. The molecule has 0 radical (unpaired) electrons. The third-order valence-electron chi connectivity index (χ3n) is 3.96. The van der Waals surface area contributed by atoms with E-state index in [0.29, 0.717) is 28.9 Å². The standard InChI is InChI=1S/C19H16ClN5O2S/c20-13-5-1-4-8-16(13)27-10-9-18-23-24-19(28-18)22-17(26)11-25-12-21-14-6-2-3-7-15(14)25/h1-8,12H,9-11H2,(H,22,24,26). The zero-order valence-corrected chi connectivity index (χ0v) is 16.3. The summed E-state index contributed by atoms with van der Waals surface area (Å²) in [6.07, 6.45) is 2.23. The molecule has 0 aliphatic rings. The third kappa shape index (κ3) is 4.29. The van der Waals surface area contributed by atoms with Gasteiger partial charge in [-0.2, -0.15) is 0 Å². The lowest BCUT2D eigenvalue weighted by Gasteiger charge is -2.05. The molecule has 0 atom stereocenters. The molecule has 0 aliphatic carbocycles. The van der Waals surface area contributed by atoms with Crippen LogP contribution in [-0.2, 0) is 17.8 Å². The van der Waals surface area contributed by atoms with Crippen LogP contribution < -0.4 is 10.1 Å². The molecule has 4 aromatic rings. The summed E-state index contributed by atoms with van der Waals surface area (Å²) in [4.78, 5) is 16.6. The molecule has 9 heteroatoms. The van der Waals surface area contributed by atoms with Crippen LogP contribution in [0.15, 0.2) is 54.9 Å². The number of carbonyl (C=O) groups is 1. The molecule has 142 valence electrons. The molecule has 2 aromatic heterocycles. The maximum absolute atomic E-state index is 12.3. The number of fused-ring (bicyclic) bond motifs is 1. The molecule has 2 heterocycles. The van der Waals surface area contributed by atoms with Crippen LogP contribution in [0, 0.1) is 0 Å². The number of para-hydroxylation sites is 3. The van der Waals surface area contributed by atoms with Crippen LogP contribution in [0.2, 0.25) is 5.02 Å². The Hall–Kier alpha value is -2.97. The quantitative estimate of drug-likeness (QED) is 0.498. The molecular weight excluding hydrogens is 398 g/mol. The van der Waals surface area contributed by atoms with E-state index in [-0.39, 0.29) is 12.5 Å². The van der Waals surface area contributed by atoms with Crippen molar-refractivity contribution in [2.24, 2.45) is 0 Å². The largest absolute Gasteiger partial charge is 0.492 e. The number of halogens is 1. The number of anilines is 1. The number of ether oxygens (including phenoxy) is 1. The highest BCUT2D eigenvalue weighted by Gasteiger charge is 2.11. The summed E-state index contributed by atoms with van der Waals surface area (Å²) in [5.74, 6) is 0.452. The SMILES string of the molecule is O=C(Cn1cnc2ccccc21)Nc1nnc(CCOc2ccccc2Cl)s1. The molecule has 0 saturated carbocycles. The van der Waals surface area contributed by atoms with Crippen molar-refractivity contribution in [1.29, 1.82) is 0 Å². The summed E-state index contributed by atoms with van der Waals surface area (Å²) in [6, 6.07) is 15.0. The fourth-order valence-corrected chi connectivity index (χ4v) is 3.59. The fraction of sp³-hybridized carbons (Fsp3) is 0.158. The highest BCUT2D eigenvalue weighted by atomic mass is 35.5. The Morgan fingerprint density at radius 1 is 1.14 bits per heavy atom. The minimum atomic E-state index is -0.182. The van der Waals surface area contributed by atoms with Crippen LogP contribution in [0.3, 0.4) is 0 Å². The van der Waals surface area contributed by atoms with Gasteiger partial charge in [0.1, 0.15) is 17.3 Å². The first-order valence-corrected chi connectivity index (χ1v) is 9.78. The number of benzene rings is 2. The van der Waals surface area contributed by atoms with Crippen LogP contribution in [0.4, 0.5) is 5.13 Å². The van der Waals surface area contributed by atoms with Gasteiger partial charge in [-0.3, -0.25) is 10.1 Å². The number of hydrogen-bond acceptors (Lipinski definition) is 6. The summed E-state index contributed by atoms with van der Waals surface area (Å²) in [6.45, 7) is 0.582. The molecule has 1 amide bonds. The maximum atomic E-state index is 12.3. The second-order valence-electron chi connectivity index (χ2n) is 5.94. The number of carbonyl (C=O) groups excluding carboxylic acids is 1. The van der Waals surface area contributed by atoms with E-state index in [2.05, 4.69) is 20.5 Å². The Morgan fingerprint density at radius 3 is 2.86 bits per heavy atom.